The molecule has 8 heteroatoms. The Labute approximate surface area is 195 Å². The minimum absolute atomic E-state index is 0.00940. The van der Waals surface area contributed by atoms with Gasteiger partial charge in [-0.15, -0.1) is 0 Å². The van der Waals surface area contributed by atoms with E-state index in [-0.39, 0.29) is 21.1 Å². The van der Waals surface area contributed by atoms with Gasteiger partial charge >= 0.3 is 5.97 Å². The summed E-state index contributed by atoms with van der Waals surface area (Å²) >= 11 is 0. The van der Waals surface area contributed by atoms with Crippen LogP contribution in [-0.2, 0) is 22.8 Å². The van der Waals surface area contributed by atoms with Crippen LogP contribution in [0.4, 0.5) is 0 Å². The highest BCUT2D eigenvalue weighted by Crippen LogP contribution is 2.43. The lowest BCUT2D eigenvalue weighted by atomic mass is 10.1. The molecule has 0 spiro atoms. The monoisotopic (exact) mass is 490 g/mol. The van der Waals surface area contributed by atoms with Gasteiger partial charge in [0.2, 0.25) is 0 Å². The van der Waals surface area contributed by atoms with Crippen molar-refractivity contribution >= 4 is 30.9 Å². The van der Waals surface area contributed by atoms with Gasteiger partial charge in [-0.05, 0) is 54.4 Å². The number of ether oxygens (including phenoxy) is 1. The summed E-state index contributed by atoms with van der Waals surface area (Å²) in [4.78, 5) is 13.0. The summed E-state index contributed by atoms with van der Waals surface area (Å²) in [5, 5.41) is 0.0952. The van der Waals surface area contributed by atoms with Crippen LogP contribution < -0.4 is 0 Å². The standard InChI is InChI=1S/C23H50O5Si3/c1-21(2,3)29(10,11)25-16-17-18(27-30(12,13)22(4,5)6)19(20(24)26-17)28-31(14,15)23(7,8)9/h17-19H,16H2,1-15H3/t17-,18-,19-/m1/s1. The smallest absolute Gasteiger partial charge is 0.337 e. The molecule has 1 saturated heterocycles. The lowest BCUT2D eigenvalue weighted by molar-refractivity contribution is -0.147. The van der Waals surface area contributed by atoms with E-state index in [1.807, 2.05) is 0 Å². The van der Waals surface area contributed by atoms with E-state index in [9.17, 15) is 4.79 Å². The zero-order valence-corrected chi connectivity index (χ0v) is 26.0. The SMILES string of the molecule is CC(C)(C)[Si](C)(C)OC[C@H]1OC(=O)[C@H](O[Si](C)(C)C(C)(C)C)[C@@H]1O[Si](C)(C)C(C)(C)C. The highest BCUT2D eigenvalue weighted by molar-refractivity contribution is 6.75. The quantitative estimate of drug-likeness (QED) is 0.293. The molecule has 0 saturated carbocycles. The van der Waals surface area contributed by atoms with E-state index < -0.39 is 43.3 Å². The topological polar surface area (TPSA) is 54.0 Å². The number of esters is 1. The maximum absolute atomic E-state index is 13.0. The van der Waals surface area contributed by atoms with Crippen LogP contribution in [0.15, 0.2) is 0 Å². The summed E-state index contributed by atoms with van der Waals surface area (Å²) in [5.74, 6) is -0.308. The van der Waals surface area contributed by atoms with Crippen LogP contribution in [0.5, 0.6) is 0 Å². The summed E-state index contributed by atoms with van der Waals surface area (Å²) in [6.45, 7) is 33.4. The molecule has 0 aromatic heterocycles. The first kappa shape index (κ1) is 29.0. The Morgan fingerprint density at radius 2 is 1.10 bits per heavy atom. The van der Waals surface area contributed by atoms with E-state index >= 15 is 0 Å². The van der Waals surface area contributed by atoms with Gasteiger partial charge in [0, 0.05) is 0 Å². The number of hydrogen-bond acceptors (Lipinski definition) is 5. The number of cyclic esters (lactones) is 1. The van der Waals surface area contributed by atoms with E-state index in [1.165, 1.54) is 0 Å². The van der Waals surface area contributed by atoms with Crippen LogP contribution >= 0.6 is 0 Å². The Bertz CT molecular complexity index is 639. The first-order valence-corrected chi connectivity index (χ1v) is 20.4. The van der Waals surface area contributed by atoms with Crippen LogP contribution in [-0.4, -0.2) is 55.8 Å². The molecule has 31 heavy (non-hydrogen) atoms. The molecule has 0 bridgehead atoms. The third-order valence-corrected chi connectivity index (χ3v) is 21.5. The van der Waals surface area contributed by atoms with Gasteiger partial charge in [-0.3, -0.25) is 0 Å². The molecule has 0 radical (unpaired) electrons. The molecule has 0 aromatic rings. The number of carbonyl (C=O) groups is 1. The van der Waals surface area contributed by atoms with Crippen molar-refractivity contribution in [3.8, 4) is 0 Å². The molecule has 1 aliphatic heterocycles. The molecule has 1 fully saturated rings. The third kappa shape index (κ3) is 6.76. The van der Waals surface area contributed by atoms with Crippen LogP contribution in [0.25, 0.3) is 0 Å². The molecule has 1 rings (SSSR count). The van der Waals surface area contributed by atoms with Gasteiger partial charge < -0.3 is 18.0 Å². The van der Waals surface area contributed by atoms with E-state index in [2.05, 4.69) is 102 Å². The summed E-state index contributed by atoms with van der Waals surface area (Å²) in [5.41, 5.74) is 0. The molecule has 0 aliphatic carbocycles. The highest BCUT2D eigenvalue weighted by atomic mass is 28.4. The zero-order valence-electron chi connectivity index (χ0n) is 23.0. The minimum Gasteiger partial charge on any atom is -0.455 e. The van der Waals surface area contributed by atoms with E-state index in [0.717, 1.165) is 0 Å². The fourth-order valence-electron chi connectivity index (χ4n) is 2.51. The minimum atomic E-state index is -2.19. The summed E-state index contributed by atoms with van der Waals surface area (Å²) < 4.78 is 25.7. The van der Waals surface area contributed by atoms with Gasteiger partial charge in [-0.1, -0.05) is 62.3 Å². The van der Waals surface area contributed by atoms with Crippen molar-refractivity contribution in [2.24, 2.45) is 0 Å². The lowest BCUT2D eigenvalue weighted by Gasteiger charge is -2.43. The molecule has 5 nitrogen and oxygen atoms in total. The third-order valence-electron chi connectivity index (χ3n) is 8.04. The molecule has 0 unspecified atom stereocenters. The van der Waals surface area contributed by atoms with Crippen molar-refractivity contribution in [1.29, 1.82) is 0 Å². The summed E-state index contributed by atoms with van der Waals surface area (Å²) in [6, 6.07) is 0. The number of carbonyl (C=O) groups excluding carboxylic acids is 1. The fourth-order valence-corrected chi connectivity index (χ4v) is 6.05. The van der Waals surface area contributed by atoms with Gasteiger partial charge in [-0.25, -0.2) is 4.79 Å². The summed E-state index contributed by atoms with van der Waals surface area (Å²) in [6.07, 6.45) is -1.57. The van der Waals surface area contributed by atoms with Crippen molar-refractivity contribution < 1.29 is 22.8 Å². The molecule has 0 aromatic carbocycles. The Morgan fingerprint density at radius 3 is 1.48 bits per heavy atom. The fraction of sp³-hybridized carbons (Fsp3) is 0.957. The molecular weight excluding hydrogens is 441 g/mol. The van der Waals surface area contributed by atoms with E-state index in [0.29, 0.717) is 6.61 Å². The van der Waals surface area contributed by atoms with E-state index in [4.69, 9.17) is 18.0 Å². The number of hydrogen-bond donors (Lipinski definition) is 0. The second-order valence-corrected chi connectivity index (χ2v) is 28.0. The van der Waals surface area contributed by atoms with Crippen molar-refractivity contribution in [3.63, 3.8) is 0 Å². The van der Waals surface area contributed by atoms with Crippen LogP contribution in [0.2, 0.25) is 54.4 Å². The van der Waals surface area contributed by atoms with Gasteiger partial charge in [0.05, 0.1) is 6.61 Å². The molecule has 1 heterocycles. The normalized spacial score (nSPS) is 24.5. The van der Waals surface area contributed by atoms with Crippen LogP contribution in [0, 0.1) is 0 Å². The molecular formula is C23H50O5Si3. The Hall–Kier alpha value is 0.000649. The molecule has 0 amide bonds. The second-order valence-electron chi connectivity index (χ2n) is 13.7. The Morgan fingerprint density at radius 1 is 0.710 bits per heavy atom. The Balaban J connectivity index is 3.24. The molecule has 3 atom stereocenters. The molecule has 1 aliphatic rings. The predicted molar refractivity (Wildman–Crippen MR) is 137 cm³/mol. The van der Waals surface area contributed by atoms with Gasteiger partial charge in [-0.2, -0.15) is 0 Å². The van der Waals surface area contributed by atoms with Crippen molar-refractivity contribution in [2.75, 3.05) is 6.61 Å². The van der Waals surface area contributed by atoms with Crippen LogP contribution in [0.3, 0.4) is 0 Å². The Kier molecular flexibility index (Phi) is 8.41. The van der Waals surface area contributed by atoms with E-state index in [1.54, 1.807) is 0 Å². The van der Waals surface area contributed by atoms with Gasteiger partial charge in [0.1, 0.15) is 6.10 Å². The maximum atomic E-state index is 13.0. The zero-order chi connectivity index (χ0) is 24.8. The predicted octanol–water partition coefficient (Wildman–Crippen LogP) is 6.71. The largest absolute Gasteiger partial charge is 0.455 e. The maximum Gasteiger partial charge on any atom is 0.337 e. The van der Waals surface area contributed by atoms with Crippen molar-refractivity contribution in [3.05, 3.63) is 0 Å². The highest BCUT2D eigenvalue weighted by Gasteiger charge is 2.54. The lowest BCUT2D eigenvalue weighted by Crippen LogP contribution is -2.54. The van der Waals surface area contributed by atoms with Crippen LogP contribution in [0.1, 0.15) is 62.3 Å². The summed E-state index contributed by atoms with van der Waals surface area (Å²) in [7, 11) is -6.33. The van der Waals surface area contributed by atoms with Gasteiger partial charge in [0.25, 0.3) is 0 Å². The van der Waals surface area contributed by atoms with Crippen molar-refractivity contribution in [1.82, 2.24) is 0 Å². The second kappa shape index (κ2) is 8.98. The number of rotatable bonds is 7. The van der Waals surface area contributed by atoms with Gasteiger partial charge in [0.15, 0.2) is 37.2 Å². The molecule has 184 valence electrons. The average molecular weight is 491 g/mol. The average Bonchev–Trinajstić information content (AvgIpc) is 2.77. The first-order valence-electron chi connectivity index (χ1n) is 11.6. The molecule has 0 N–H and O–H groups in total. The first-order chi connectivity index (χ1) is 13.4. The van der Waals surface area contributed by atoms with Crippen molar-refractivity contribution in [2.45, 2.75) is 135 Å².